The van der Waals surface area contributed by atoms with Gasteiger partial charge in [-0.15, -0.1) is 5.10 Å². The number of carbonyl (C=O) groups is 1. The molecule has 1 aromatic rings. The minimum Gasteiger partial charge on any atom is -0.395 e. The molecule has 0 aliphatic carbocycles. The molecule has 1 aliphatic rings. The molecule has 1 amide bonds. The average Bonchev–Trinajstić information content (AvgIpc) is 2.95. The summed E-state index contributed by atoms with van der Waals surface area (Å²) in [5.74, 6) is -0.170. The van der Waals surface area contributed by atoms with Gasteiger partial charge in [0.15, 0.2) is 5.69 Å². The van der Waals surface area contributed by atoms with E-state index in [1.54, 1.807) is 15.8 Å². The first kappa shape index (κ1) is 14.0. The van der Waals surface area contributed by atoms with Gasteiger partial charge < -0.3 is 15.3 Å². The molecule has 2 heterocycles. The Labute approximate surface area is 112 Å². The highest BCUT2D eigenvalue weighted by Gasteiger charge is 2.21. The van der Waals surface area contributed by atoms with Crippen LogP contribution in [-0.4, -0.2) is 63.7 Å². The van der Waals surface area contributed by atoms with Crippen molar-refractivity contribution in [1.82, 2.24) is 25.2 Å². The smallest absolute Gasteiger partial charge is 0.276 e. The summed E-state index contributed by atoms with van der Waals surface area (Å²) in [5.41, 5.74) is 0.355. The molecule has 1 saturated heterocycles. The topological polar surface area (TPSA) is 83.3 Å². The van der Waals surface area contributed by atoms with E-state index in [0.717, 1.165) is 25.9 Å². The van der Waals surface area contributed by atoms with Crippen molar-refractivity contribution in [2.24, 2.45) is 0 Å². The predicted octanol–water partition coefficient (Wildman–Crippen LogP) is -0.343. The van der Waals surface area contributed by atoms with Gasteiger partial charge in [0.2, 0.25) is 0 Å². The Bertz CT molecular complexity index is 414. The molecule has 0 saturated carbocycles. The fourth-order valence-electron chi connectivity index (χ4n) is 2.31. The van der Waals surface area contributed by atoms with Gasteiger partial charge in [-0.3, -0.25) is 4.79 Å². The van der Waals surface area contributed by atoms with Gasteiger partial charge in [0.05, 0.1) is 18.8 Å². The van der Waals surface area contributed by atoms with E-state index >= 15 is 0 Å². The second-order valence-corrected chi connectivity index (χ2v) is 4.67. The van der Waals surface area contributed by atoms with Crippen molar-refractivity contribution >= 4 is 5.91 Å². The molecule has 7 nitrogen and oxygen atoms in total. The van der Waals surface area contributed by atoms with E-state index < -0.39 is 0 Å². The highest BCUT2D eigenvalue weighted by molar-refractivity contribution is 5.91. The first-order valence-electron chi connectivity index (χ1n) is 6.79. The molecule has 19 heavy (non-hydrogen) atoms. The third kappa shape index (κ3) is 3.30. The number of amides is 1. The molecule has 0 atom stereocenters. The third-order valence-corrected chi connectivity index (χ3v) is 3.45. The summed E-state index contributed by atoms with van der Waals surface area (Å²) < 4.78 is 1.79. The standard InChI is InChI=1S/C12H21N5O2/c1-2-16(7-8-18)12(19)11-9-17(15-14-11)10-3-5-13-6-4-10/h9-10,13,18H,2-8H2,1H3. The Balaban J connectivity index is 2.04. The third-order valence-electron chi connectivity index (χ3n) is 3.45. The second-order valence-electron chi connectivity index (χ2n) is 4.67. The summed E-state index contributed by atoms with van der Waals surface area (Å²) >= 11 is 0. The molecular formula is C12H21N5O2. The maximum atomic E-state index is 12.1. The highest BCUT2D eigenvalue weighted by atomic mass is 16.3. The summed E-state index contributed by atoms with van der Waals surface area (Å²) in [6.07, 6.45) is 3.73. The number of aromatic nitrogens is 3. The van der Waals surface area contributed by atoms with Crippen LogP contribution in [0.15, 0.2) is 6.20 Å². The predicted molar refractivity (Wildman–Crippen MR) is 69.8 cm³/mol. The summed E-state index contributed by atoms with van der Waals surface area (Å²) in [6.45, 7) is 4.67. The maximum Gasteiger partial charge on any atom is 0.276 e. The van der Waals surface area contributed by atoms with E-state index in [4.69, 9.17) is 5.11 Å². The van der Waals surface area contributed by atoms with E-state index in [0.29, 0.717) is 24.8 Å². The van der Waals surface area contributed by atoms with Gasteiger partial charge in [-0.1, -0.05) is 5.21 Å². The van der Waals surface area contributed by atoms with Crippen LogP contribution < -0.4 is 5.32 Å². The van der Waals surface area contributed by atoms with Gasteiger partial charge in [-0.05, 0) is 32.9 Å². The van der Waals surface area contributed by atoms with Crippen LogP contribution in [0.3, 0.4) is 0 Å². The number of piperidine rings is 1. The van der Waals surface area contributed by atoms with Crippen molar-refractivity contribution in [2.45, 2.75) is 25.8 Å². The van der Waals surface area contributed by atoms with Crippen molar-refractivity contribution in [1.29, 1.82) is 0 Å². The average molecular weight is 267 g/mol. The minimum atomic E-state index is -0.170. The molecule has 1 aliphatic heterocycles. The van der Waals surface area contributed by atoms with Crippen LogP contribution in [0.25, 0.3) is 0 Å². The van der Waals surface area contributed by atoms with Gasteiger partial charge in [0.25, 0.3) is 5.91 Å². The number of nitrogens with zero attached hydrogens (tertiary/aromatic N) is 4. The second kappa shape index (κ2) is 6.63. The van der Waals surface area contributed by atoms with Crippen LogP contribution in [0.2, 0.25) is 0 Å². The number of carbonyl (C=O) groups excluding carboxylic acids is 1. The number of nitrogens with one attached hydrogen (secondary N) is 1. The molecule has 1 fully saturated rings. The zero-order valence-corrected chi connectivity index (χ0v) is 11.2. The first-order valence-corrected chi connectivity index (χ1v) is 6.79. The summed E-state index contributed by atoms with van der Waals surface area (Å²) in [7, 11) is 0. The van der Waals surface area contributed by atoms with E-state index in [2.05, 4.69) is 15.6 Å². The van der Waals surface area contributed by atoms with Crippen LogP contribution >= 0.6 is 0 Å². The largest absolute Gasteiger partial charge is 0.395 e. The number of rotatable bonds is 5. The van der Waals surface area contributed by atoms with E-state index in [1.807, 2.05) is 6.92 Å². The lowest BCUT2D eigenvalue weighted by Gasteiger charge is -2.22. The van der Waals surface area contributed by atoms with Gasteiger partial charge in [-0.2, -0.15) is 0 Å². The molecule has 0 aromatic carbocycles. The van der Waals surface area contributed by atoms with Gasteiger partial charge in [-0.25, -0.2) is 4.68 Å². The quantitative estimate of drug-likeness (QED) is 0.762. The summed E-state index contributed by atoms with van der Waals surface area (Å²) in [6, 6.07) is 0.322. The van der Waals surface area contributed by atoms with Crippen LogP contribution in [-0.2, 0) is 0 Å². The van der Waals surface area contributed by atoms with Crippen LogP contribution in [0.1, 0.15) is 36.3 Å². The number of hydrogen-bond donors (Lipinski definition) is 2. The monoisotopic (exact) mass is 267 g/mol. The fourth-order valence-corrected chi connectivity index (χ4v) is 2.31. The van der Waals surface area contributed by atoms with Crippen LogP contribution in [0.4, 0.5) is 0 Å². The Hall–Kier alpha value is -1.47. The normalized spacial score (nSPS) is 16.5. The van der Waals surface area contributed by atoms with Gasteiger partial charge >= 0.3 is 0 Å². The Kier molecular flexibility index (Phi) is 4.86. The zero-order chi connectivity index (χ0) is 13.7. The van der Waals surface area contributed by atoms with E-state index in [9.17, 15) is 4.79 Å². The van der Waals surface area contributed by atoms with Crippen molar-refractivity contribution in [3.63, 3.8) is 0 Å². The molecule has 1 aromatic heterocycles. The molecule has 2 rings (SSSR count). The lowest BCUT2D eigenvalue weighted by molar-refractivity contribution is 0.0726. The Morgan fingerprint density at radius 3 is 2.95 bits per heavy atom. The number of aliphatic hydroxyl groups is 1. The number of aliphatic hydroxyl groups excluding tert-OH is 1. The lowest BCUT2D eigenvalue weighted by Crippen LogP contribution is -2.33. The molecule has 0 radical (unpaired) electrons. The number of likely N-dealkylation sites (N-methyl/N-ethyl adjacent to an activating group) is 1. The van der Waals surface area contributed by atoms with E-state index in [1.165, 1.54) is 0 Å². The van der Waals surface area contributed by atoms with Crippen molar-refractivity contribution in [2.75, 3.05) is 32.8 Å². The molecule has 106 valence electrons. The SMILES string of the molecule is CCN(CCO)C(=O)c1cn(C2CCNCC2)nn1. The Morgan fingerprint density at radius 1 is 1.58 bits per heavy atom. The summed E-state index contributed by atoms with van der Waals surface area (Å²) in [4.78, 5) is 13.7. The van der Waals surface area contributed by atoms with Crippen molar-refractivity contribution in [3.05, 3.63) is 11.9 Å². The van der Waals surface area contributed by atoms with Gasteiger partial charge in [0.1, 0.15) is 0 Å². The lowest BCUT2D eigenvalue weighted by atomic mass is 10.1. The van der Waals surface area contributed by atoms with Crippen molar-refractivity contribution < 1.29 is 9.90 Å². The Morgan fingerprint density at radius 2 is 2.32 bits per heavy atom. The van der Waals surface area contributed by atoms with Crippen LogP contribution in [0, 0.1) is 0 Å². The molecule has 2 N–H and O–H groups in total. The van der Waals surface area contributed by atoms with Crippen molar-refractivity contribution in [3.8, 4) is 0 Å². The highest BCUT2D eigenvalue weighted by Crippen LogP contribution is 2.17. The maximum absolute atomic E-state index is 12.1. The molecule has 0 bridgehead atoms. The first-order chi connectivity index (χ1) is 9.26. The fraction of sp³-hybridized carbons (Fsp3) is 0.750. The van der Waals surface area contributed by atoms with Gasteiger partial charge in [0, 0.05) is 13.1 Å². The molecule has 7 heteroatoms. The molecule has 0 spiro atoms. The molecular weight excluding hydrogens is 246 g/mol. The zero-order valence-electron chi connectivity index (χ0n) is 11.2. The minimum absolute atomic E-state index is 0.0397. The number of hydrogen-bond acceptors (Lipinski definition) is 5. The van der Waals surface area contributed by atoms with E-state index in [-0.39, 0.29) is 12.5 Å². The molecule has 0 unspecified atom stereocenters. The summed E-state index contributed by atoms with van der Waals surface area (Å²) in [5, 5.41) is 20.3. The van der Waals surface area contributed by atoms with Crippen LogP contribution in [0.5, 0.6) is 0 Å².